The number of aryl methyl sites for hydroxylation is 1. The Hall–Kier alpha value is -2.88. The molecule has 1 aromatic carbocycles. The number of nitrogens with zero attached hydrogens (tertiary/aromatic N) is 4. The number of hydrogen-bond donors (Lipinski definition) is 2. The van der Waals surface area contributed by atoms with Crippen LogP contribution in [0.15, 0.2) is 22.2 Å². The zero-order valence-electron chi connectivity index (χ0n) is 16.4. The summed E-state index contributed by atoms with van der Waals surface area (Å²) in [4.78, 5) is 13.9. The molecule has 28 heavy (non-hydrogen) atoms. The first-order chi connectivity index (χ1) is 13.5. The van der Waals surface area contributed by atoms with Crippen molar-refractivity contribution in [2.45, 2.75) is 36.4 Å². The summed E-state index contributed by atoms with van der Waals surface area (Å²) in [6.07, 6.45) is 2.00. The minimum atomic E-state index is 0.131. The predicted octanol–water partition coefficient (Wildman–Crippen LogP) is 2.97. The first-order valence-corrected chi connectivity index (χ1v) is 9.61. The lowest BCUT2D eigenvalue weighted by Crippen LogP contribution is -2.04. The van der Waals surface area contributed by atoms with Crippen LogP contribution in [0.4, 0.5) is 11.8 Å². The van der Waals surface area contributed by atoms with Crippen LogP contribution in [0.5, 0.6) is 17.2 Å². The number of imidazole rings is 1. The maximum atomic E-state index is 6.02. The summed E-state index contributed by atoms with van der Waals surface area (Å²) in [5, 5.41) is 0.740. The molecule has 0 radical (unpaired) electrons. The number of fused-ring (bicyclic) bond motifs is 1. The summed E-state index contributed by atoms with van der Waals surface area (Å²) in [5.41, 5.74) is 13.0. The van der Waals surface area contributed by atoms with Gasteiger partial charge >= 0.3 is 0 Å². The summed E-state index contributed by atoms with van der Waals surface area (Å²) in [6, 6.07) is 3.75. The summed E-state index contributed by atoms with van der Waals surface area (Å²) in [6.45, 7) is 2.87. The monoisotopic (exact) mass is 404 g/mol. The highest BCUT2D eigenvalue weighted by Crippen LogP contribution is 2.43. The van der Waals surface area contributed by atoms with Gasteiger partial charge in [0.05, 0.1) is 21.3 Å². The van der Waals surface area contributed by atoms with E-state index in [0.717, 1.165) is 29.4 Å². The van der Waals surface area contributed by atoms with E-state index in [9.17, 15) is 0 Å². The van der Waals surface area contributed by atoms with Crippen LogP contribution in [-0.4, -0.2) is 40.8 Å². The first-order valence-electron chi connectivity index (χ1n) is 8.79. The third-order valence-electron chi connectivity index (χ3n) is 4.19. The lowest BCUT2D eigenvalue weighted by atomic mass is 10.3. The molecule has 3 rings (SSSR count). The Morgan fingerprint density at radius 2 is 1.68 bits per heavy atom. The molecule has 0 aliphatic heterocycles. The van der Waals surface area contributed by atoms with E-state index < -0.39 is 0 Å². The fourth-order valence-electron chi connectivity index (χ4n) is 2.84. The van der Waals surface area contributed by atoms with Crippen molar-refractivity contribution in [2.75, 3.05) is 32.8 Å². The van der Waals surface area contributed by atoms with Crippen molar-refractivity contribution in [1.29, 1.82) is 0 Å². The van der Waals surface area contributed by atoms with Crippen molar-refractivity contribution in [3.63, 3.8) is 0 Å². The molecule has 0 atom stereocenters. The Kier molecular flexibility index (Phi) is 5.98. The van der Waals surface area contributed by atoms with Crippen LogP contribution in [-0.2, 0) is 6.54 Å². The second-order valence-electron chi connectivity index (χ2n) is 6.00. The molecule has 0 aliphatic carbocycles. The zero-order valence-corrected chi connectivity index (χ0v) is 17.2. The highest BCUT2D eigenvalue weighted by atomic mass is 32.2. The standard InChI is InChI=1S/C18H24N6O3S/c1-5-6-7-24-16-13(15(19)22-17(20)23-16)21-18(24)28-10-8-11(25-2)14(27-4)12(9-10)26-3/h8-9H,5-7H2,1-4H3,(H4,19,20,22,23). The number of methoxy groups -OCH3 is 3. The lowest BCUT2D eigenvalue weighted by molar-refractivity contribution is 0.323. The largest absolute Gasteiger partial charge is 0.493 e. The molecular formula is C18H24N6O3S. The number of rotatable bonds is 8. The Labute approximate surface area is 167 Å². The highest BCUT2D eigenvalue weighted by molar-refractivity contribution is 7.99. The van der Waals surface area contributed by atoms with Crippen LogP contribution in [0.1, 0.15) is 19.8 Å². The van der Waals surface area contributed by atoms with Gasteiger partial charge in [-0.05, 0) is 18.6 Å². The molecule has 4 N–H and O–H groups in total. The second-order valence-corrected chi connectivity index (χ2v) is 7.04. The molecule has 0 spiro atoms. The maximum Gasteiger partial charge on any atom is 0.224 e. The Balaban J connectivity index is 2.10. The number of aromatic nitrogens is 4. The van der Waals surface area contributed by atoms with Crippen LogP contribution >= 0.6 is 11.8 Å². The summed E-state index contributed by atoms with van der Waals surface area (Å²) >= 11 is 1.46. The molecule has 0 aliphatic rings. The second kappa shape index (κ2) is 8.42. The van der Waals surface area contributed by atoms with Crippen molar-refractivity contribution < 1.29 is 14.2 Å². The molecule has 9 nitrogen and oxygen atoms in total. The smallest absolute Gasteiger partial charge is 0.224 e. The number of ether oxygens (including phenoxy) is 3. The normalized spacial score (nSPS) is 11.0. The average Bonchev–Trinajstić information content (AvgIpc) is 3.02. The topological polar surface area (TPSA) is 123 Å². The number of nitrogen functional groups attached to an aromatic ring is 2. The van der Waals surface area contributed by atoms with E-state index in [1.54, 1.807) is 21.3 Å². The third kappa shape index (κ3) is 3.72. The van der Waals surface area contributed by atoms with Gasteiger partial charge in [0.25, 0.3) is 0 Å². The molecular weight excluding hydrogens is 380 g/mol. The van der Waals surface area contributed by atoms with Gasteiger partial charge in [0.2, 0.25) is 11.7 Å². The van der Waals surface area contributed by atoms with E-state index in [4.69, 9.17) is 25.7 Å². The van der Waals surface area contributed by atoms with E-state index in [-0.39, 0.29) is 11.8 Å². The van der Waals surface area contributed by atoms with E-state index in [0.29, 0.717) is 28.4 Å². The number of unbranched alkanes of at least 4 members (excludes halogenated alkanes) is 1. The average molecular weight is 404 g/mol. The van der Waals surface area contributed by atoms with Gasteiger partial charge in [0.15, 0.2) is 33.6 Å². The highest BCUT2D eigenvalue weighted by Gasteiger charge is 2.19. The molecule has 0 saturated carbocycles. The van der Waals surface area contributed by atoms with Gasteiger partial charge in [0, 0.05) is 11.4 Å². The molecule has 0 bridgehead atoms. The summed E-state index contributed by atoms with van der Waals surface area (Å²) in [7, 11) is 4.74. The van der Waals surface area contributed by atoms with Crippen molar-refractivity contribution in [3.8, 4) is 17.2 Å². The van der Waals surface area contributed by atoms with Gasteiger partial charge < -0.3 is 30.2 Å². The maximum absolute atomic E-state index is 6.02. The van der Waals surface area contributed by atoms with E-state index in [2.05, 4.69) is 21.9 Å². The Bertz CT molecular complexity index is 966. The summed E-state index contributed by atoms with van der Waals surface area (Å²) in [5.74, 6) is 2.08. The van der Waals surface area contributed by atoms with Crippen molar-refractivity contribution >= 4 is 34.7 Å². The SMILES string of the molecule is CCCCn1c(Sc2cc(OC)c(OC)c(OC)c2)nc2c(N)nc(N)nc21. The molecule has 0 saturated heterocycles. The summed E-state index contributed by atoms with van der Waals surface area (Å²) < 4.78 is 18.3. The quantitative estimate of drug-likeness (QED) is 0.583. The first kappa shape index (κ1) is 19.9. The molecule has 0 unspecified atom stereocenters. The van der Waals surface area contributed by atoms with Crippen LogP contribution < -0.4 is 25.7 Å². The van der Waals surface area contributed by atoms with E-state index >= 15 is 0 Å². The molecule has 10 heteroatoms. The van der Waals surface area contributed by atoms with Gasteiger partial charge in [0.1, 0.15) is 0 Å². The van der Waals surface area contributed by atoms with Crippen LogP contribution in [0.25, 0.3) is 11.2 Å². The van der Waals surface area contributed by atoms with Gasteiger partial charge in [-0.25, -0.2) is 4.98 Å². The molecule has 2 aromatic heterocycles. The fourth-order valence-corrected chi connectivity index (χ4v) is 3.80. The van der Waals surface area contributed by atoms with Crippen LogP contribution in [0.2, 0.25) is 0 Å². The molecule has 0 amide bonds. The van der Waals surface area contributed by atoms with Crippen molar-refractivity contribution in [1.82, 2.24) is 19.5 Å². The van der Waals surface area contributed by atoms with Gasteiger partial charge in [-0.3, -0.25) is 0 Å². The molecule has 0 fully saturated rings. The van der Waals surface area contributed by atoms with E-state index in [1.165, 1.54) is 11.8 Å². The minimum absolute atomic E-state index is 0.131. The van der Waals surface area contributed by atoms with Gasteiger partial charge in [-0.15, -0.1) is 0 Å². The van der Waals surface area contributed by atoms with E-state index in [1.807, 2.05) is 16.7 Å². The number of benzene rings is 1. The predicted molar refractivity (Wildman–Crippen MR) is 109 cm³/mol. The molecule has 2 heterocycles. The Morgan fingerprint density at radius 3 is 2.25 bits per heavy atom. The molecule has 150 valence electrons. The molecule has 3 aromatic rings. The number of nitrogens with two attached hydrogens (primary N) is 2. The van der Waals surface area contributed by atoms with Crippen molar-refractivity contribution in [2.24, 2.45) is 0 Å². The number of anilines is 2. The van der Waals surface area contributed by atoms with Gasteiger partial charge in [-0.1, -0.05) is 25.1 Å². The third-order valence-corrected chi connectivity index (χ3v) is 5.15. The van der Waals surface area contributed by atoms with Gasteiger partial charge in [-0.2, -0.15) is 9.97 Å². The Morgan fingerprint density at radius 1 is 1.00 bits per heavy atom. The number of hydrogen-bond acceptors (Lipinski definition) is 9. The minimum Gasteiger partial charge on any atom is -0.493 e. The fraction of sp³-hybridized carbons (Fsp3) is 0.389. The zero-order chi connectivity index (χ0) is 20.3. The lowest BCUT2D eigenvalue weighted by Gasteiger charge is -2.14. The van der Waals surface area contributed by atoms with Crippen molar-refractivity contribution in [3.05, 3.63) is 12.1 Å². The van der Waals surface area contributed by atoms with Crippen LogP contribution in [0, 0.1) is 0 Å². The van der Waals surface area contributed by atoms with Crippen LogP contribution in [0.3, 0.4) is 0 Å².